The lowest BCUT2D eigenvalue weighted by Gasteiger charge is -2.41. The first-order chi connectivity index (χ1) is 10.2. The van der Waals surface area contributed by atoms with Gasteiger partial charge in [0.25, 0.3) is 0 Å². The molecule has 2 rings (SSSR count). The first-order valence-corrected chi connectivity index (χ1v) is 8.16. The highest BCUT2D eigenvalue weighted by Gasteiger charge is 2.30. The molecule has 2 heterocycles. The van der Waals surface area contributed by atoms with E-state index in [2.05, 4.69) is 10.2 Å². The summed E-state index contributed by atoms with van der Waals surface area (Å²) in [5.74, 6) is 0.399. The third-order valence-electron chi connectivity index (χ3n) is 4.52. The van der Waals surface area contributed by atoms with E-state index in [0.29, 0.717) is 13.1 Å². The number of likely N-dealkylation sites (N-methyl/N-ethyl adjacent to an activating group) is 1. The van der Waals surface area contributed by atoms with E-state index in [9.17, 15) is 9.59 Å². The van der Waals surface area contributed by atoms with Crippen molar-refractivity contribution in [2.45, 2.75) is 32.7 Å². The Morgan fingerprint density at radius 3 is 2.76 bits per heavy atom. The lowest BCUT2D eigenvalue weighted by atomic mass is 10.0. The van der Waals surface area contributed by atoms with Crippen molar-refractivity contribution in [1.29, 1.82) is 0 Å². The maximum atomic E-state index is 12.2. The molecular formula is C15H28N4O2. The average molecular weight is 296 g/mol. The summed E-state index contributed by atoms with van der Waals surface area (Å²) in [6.45, 7) is 9.96. The Kier molecular flexibility index (Phi) is 5.99. The molecule has 0 aromatic carbocycles. The van der Waals surface area contributed by atoms with Crippen LogP contribution in [0.1, 0.15) is 26.7 Å². The highest BCUT2D eigenvalue weighted by atomic mass is 16.2. The van der Waals surface area contributed by atoms with Crippen molar-refractivity contribution in [2.24, 2.45) is 0 Å². The molecule has 1 atom stereocenters. The fourth-order valence-corrected chi connectivity index (χ4v) is 3.30. The van der Waals surface area contributed by atoms with Crippen molar-refractivity contribution in [3.63, 3.8) is 0 Å². The van der Waals surface area contributed by atoms with E-state index in [4.69, 9.17) is 0 Å². The van der Waals surface area contributed by atoms with Crippen molar-refractivity contribution < 1.29 is 9.59 Å². The molecule has 21 heavy (non-hydrogen) atoms. The summed E-state index contributed by atoms with van der Waals surface area (Å²) >= 11 is 0. The lowest BCUT2D eigenvalue weighted by molar-refractivity contribution is -0.136. The number of amides is 2. The average Bonchev–Trinajstić information content (AvgIpc) is 2.49. The Hall–Kier alpha value is -1.14. The van der Waals surface area contributed by atoms with E-state index < -0.39 is 0 Å². The van der Waals surface area contributed by atoms with E-state index in [-0.39, 0.29) is 17.9 Å². The second kappa shape index (κ2) is 7.75. The van der Waals surface area contributed by atoms with Crippen LogP contribution in [-0.2, 0) is 9.59 Å². The largest absolute Gasteiger partial charge is 0.342 e. The van der Waals surface area contributed by atoms with Gasteiger partial charge in [-0.15, -0.1) is 0 Å². The van der Waals surface area contributed by atoms with Crippen molar-refractivity contribution in [2.75, 3.05) is 52.4 Å². The fourth-order valence-electron chi connectivity index (χ4n) is 3.30. The van der Waals surface area contributed by atoms with Crippen molar-refractivity contribution in [1.82, 2.24) is 20.0 Å². The quantitative estimate of drug-likeness (QED) is 0.760. The van der Waals surface area contributed by atoms with Crippen LogP contribution in [0.3, 0.4) is 0 Å². The molecule has 0 saturated carbocycles. The third-order valence-corrected chi connectivity index (χ3v) is 4.52. The number of nitrogens with zero attached hydrogens (tertiary/aromatic N) is 3. The molecule has 0 radical (unpaired) electrons. The topological polar surface area (TPSA) is 55.9 Å². The zero-order valence-corrected chi connectivity index (χ0v) is 13.3. The second-order valence-electron chi connectivity index (χ2n) is 5.86. The van der Waals surface area contributed by atoms with Gasteiger partial charge in [0.15, 0.2) is 0 Å². The van der Waals surface area contributed by atoms with E-state index >= 15 is 0 Å². The molecule has 0 bridgehead atoms. The van der Waals surface area contributed by atoms with Crippen LogP contribution in [0.4, 0.5) is 0 Å². The van der Waals surface area contributed by atoms with Gasteiger partial charge in [-0.2, -0.15) is 0 Å². The number of carbonyl (C=O) groups is 2. The summed E-state index contributed by atoms with van der Waals surface area (Å²) in [6.07, 6.45) is 2.12. The molecule has 0 aliphatic carbocycles. The van der Waals surface area contributed by atoms with E-state index in [1.165, 1.54) is 0 Å². The van der Waals surface area contributed by atoms with Crippen LogP contribution in [-0.4, -0.2) is 84.9 Å². The third kappa shape index (κ3) is 4.17. The normalized spacial score (nSPS) is 24.2. The smallest absolute Gasteiger partial charge is 0.236 e. The first-order valence-electron chi connectivity index (χ1n) is 8.16. The number of rotatable bonds is 5. The van der Waals surface area contributed by atoms with Crippen LogP contribution in [0, 0.1) is 0 Å². The van der Waals surface area contributed by atoms with Gasteiger partial charge in [0.05, 0.1) is 13.1 Å². The molecule has 2 amide bonds. The van der Waals surface area contributed by atoms with Gasteiger partial charge in [0.1, 0.15) is 0 Å². The molecule has 1 N–H and O–H groups in total. The summed E-state index contributed by atoms with van der Waals surface area (Å²) in [6, 6.07) is 0.276. The second-order valence-corrected chi connectivity index (χ2v) is 5.86. The van der Waals surface area contributed by atoms with Gasteiger partial charge in [-0.3, -0.25) is 14.5 Å². The highest BCUT2D eigenvalue weighted by molar-refractivity contribution is 5.79. The Morgan fingerprint density at radius 2 is 2.10 bits per heavy atom. The molecule has 120 valence electrons. The summed E-state index contributed by atoms with van der Waals surface area (Å²) in [4.78, 5) is 30.3. The first kappa shape index (κ1) is 16.2. The number of piperidine rings is 1. The summed E-state index contributed by atoms with van der Waals surface area (Å²) in [7, 11) is 0. The molecule has 2 fully saturated rings. The molecular weight excluding hydrogens is 268 g/mol. The number of likely N-dealkylation sites (tertiary alicyclic amines) is 1. The van der Waals surface area contributed by atoms with Crippen molar-refractivity contribution in [3.8, 4) is 0 Å². The predicted molar refractivity (Wildman–Crippen MR) is 82.0 cm³/mol. The number of nitrogens with one attached hydrogen (secondary N) is 1. The van der Waals surface area contributed by atoms with Crippen LogP contribution in [0.15, 0.2) is 0 Å². The fraction of sp³-hybridized carbons (Fsp3) is 0.867. The monoisotopic (exact) mass is 296 g/mol. The molecule has 2 aliphatic heterocycles. The maximum absolute atomic E-state index is 12.2. The zero-order valence-electron chi connectivity index (χ0n) is 13.3. The van der Waals surface area contributed by atoms with Crippen LogP contribution >= 0.6 is 0 Å². The van der Waals surface area contributed by atoms with Crippen molar-refractivity contribution >= 4 is 11.8 Å². The SMILES string of the molecule is CCN(CC)C(=O)CN1CCCC(N2CCNCC2=O)C1. The Morgan fingerprint density at radius 1 is 1.33 bits per heavy atom. The van der Waals surface area contributed by atoms with E-state index in [1.807, 2.05) is 23.6 Å². The number of carbonyl (C=O) groups excluding carboxylic acids is 2. The van der Waals surface area contributed by atoms with Gasteiger partial charge < -0.3 is 15.1 Å². The van der Waals surface area contributed by atoms with Gasteiger partial charge in [0.2, 0.25) is 11.8 Å². The van der Waals surface area contributed by atoms with Gasteiger partial charge >= 0.3 is 0 Å². The van der Waals surface area contributed by atoms with Crippen LogP contribution in [0.2, 0.25) is 0 Å². The van der Waals surface area contributed by atoms with Gasteiger partial charge in [-0.25, -0.2) is 0 Å². The molecule has 6 heteroatoms. The summed E-state index contributed by atoms with van der Waals surface area (Å²) < 4.78 is 0. The molecule has 6 nitrogen and oxygen atoms in total. The minimum absolute atomic E-state index is 0.197. The molecule has 0 aromatic rings. The van der Waals surface area contributed by atoms with Crippen LogP contribution in [0.25, 0.3) is 0 Å². The molecule has 0 spiro atoms. The molecule has 0 aromatic heterocycles. The predicted octanol–water partition coefficient (Wildman–Crippen LogP) is -0.249. The Bertz CT molecular complexity index is 371. The minimum atomic E-state index is 0.197. The number of hydrogen-bond donors (Lipinski definition) is 1. The van der Waals surface area contributed by atoms with E-state index in [1.54, 1.807) is 0 Å². The number of piperazine rings is 1. The molecule has 2 saturated heterocycles. The molecule has 2 aliphatic rings. The maximum Gasteiger partial charge on any atom is 0.236 e. The minimum Gasteiger partial charge on any atom is -0.342 e. The standard InChI is InChI=1S/C15H28N4O2/c1-3-18(4-2)15(21)12-17-8-5-6-13(11-17)19-9-7-16-10-14(19)20/h13,16H,3-12H2,1-2H3. The van der Waals surface area contributed by atoms with E-state index in [0.717, 1.165) is 52.1 Å². The van der Waals surface area contributed by atoms with Crippen LogP contribution in [0.5, 0.6) is 0 Å². The van der Waals surface area contributed by atoms with Gasteiger partial charge in [-0.05, 0) is 33.2 Å². The summed E-state index contributed by atoms with van der Waals surface area (Å²) in [5.41, 5.74) is 0. The van der Waals surface area contributed by atoms with Crippen LogP contribution < -0.4 is 5.32 Å². The van der Waals surface area contributed by atoms with Crippen molar-refractivity contribution in [3.05, 3.63) is 0 Å². The number of hydrogen-bond acceptors (Lipinski definition) is 4. The lowest BCUT2D eigenvalue weighted by Crippen LogP contribution is -2.57. The summed E-state index contributed by atoms with van der Waals surface area (Å²) in [5, 5.41) is 3.11. The Balaban J connectivity index is 1.88. The van der Waals surface area contributed by atoms with Gasteiger partial charge in [-0.1, -0.05) is 0 Å². The Labute approximate surface area is 127 Å². The molecule has 1 unspecified atom stereocenters. The zero-order chi connectivity index (χ0) is 15.2. The highest BCUT2D eigenvalue weighted by Crippen LogP contribution is 2.17. The van der Waals surface area contributed by atoms with Gasteiger partial charge in [0, 0.05) is 38.8 Å².